The minimum absolute atomic E-state index is 0.0743. The number of hydrogen-bond donors (Lipinski definition) is 5. The number of aliphatic hydroxyl groups excluding tert-OH is 2. The van der Waals surface area contributed by atoms with E-state index in [0.717, 1.165) is 6.20 Å². The van der Waals surface area contributed by atoms with Crippen molar-refractivity contribution in [3.63, 3.8) is 0 Å². The van der Waals surface area contributed by atoms with Crippen LogP contribution in [-0.2, 0) is 13.8 Å². The van der Waals surface area contributed by atoms with Crippen LogP contribution >= 0.6 is 7.60 Å². The Morgan fingerprint density at radius 1 is 1.19 bits per heavy atom. The number of aromatic amines is 1. The van der Waals surface area contributed by atoms with E-state index in [-0.39, 0.29) is 25.7 Å². The van der Waals surface area contributed by atoms with Gasteiger partial charge in [0, 0.05) is 12.6 Å². The summed E-state index contributed by atoms with van der Waals surface area (Å²) in [6, 6.07) is 0. The van der Waals surface area contributed by atoms with Gasteiger partial charge in [-0.2, -0.15) is 13.8 Å². The zero-order valence-corrected chi connectivity index (χ0v) is 21.0. The van der Waals surface area contributed by atoms with Crippen LogP contribution in [0.3, 0.4) is 0 Å². The summed E-state index contributed by atoms with van der Waals surface area (Å²) in [5.41, 5.74) is -4.35. The Balaban J connectivity index is 1.96. The van der Waals surface area contributed by atoms with Crippen molar-refractivity contribution in [2.24, 2.45) is 0 Å². The highest BCUT2D eigenvalue weighted by Crippen LogP contribution is 2.59. The highest BCUT2D eigenvalue weighted by molar-refractivity contribution is 7.54. The number of halogens is 2. The molecule has 1 fully saturated rings. The molecule has 3 heterocycles. The van der Waals surface area contributed by atoms with Crippen molar-refractivity contribution < 1.29 is 42.8 Å². The van der Waals surface area contributed by atoms with E-state index in [1.54, 1.807) is 13.8 Å². The van der Waals surface area contributed by atoms with Gasteiger partial charge in [-0.25, -0.2) is 4.79 Å². The lowest BCUT2D eigenvalue weighted by atomic mass is 9.88. The van der Waals surface area contributed by atoms with Gasteiger partial charge >= 0.3 is 13.3 Å². The maximum Gasteiger partial charge on any atom is 0.359 e. The Kier molecular flexibility index (Phi) is 7.93. The molecule has 0 bridgehead atoms. The Hall–Kier alpha value is -2.06. The van der Waals surface area contributed by atoms with Crippen LogP contribution < -0.4 is 11.1 Å². The van der Waals surface area contributed by atoms with Gasteiger partial charge in [-0.1, -0.05) is 20.8 Å². The molecule has 5 N–H and O–H groups in total. The lowest BCUT2D eigenvalue weighted by Crippen LogP contribution is -2.41. The third kappa shape index (κ3) is 4.91. The number of nitrogens with zero attached hydrogens (tertiary/aromatic N) is 2. The fourth-order valence-electron chi connectivity index (χ4n) is 4.05. The van der Waals surface area contributed by atoms with Gasteiger partial charge in [0.15, 0.2) is 17.2 Å². The summed E-state index contributed by atoms with van der Waals surface area (Å²) < 4.78 is 52.0. The van der Waals surface area contributed by atoms with Crippen molar-refractivity contribution in [1.82, 2.24) is 14.5 Å². The molecule has 12 nitrogen and oxygen atoms in total. The Bertz CT molecular complexity index is 1290. The van der Waals surface area contributed by atoms with Crippen molar-refractivity contribution in [1.29, 1.82) is 0 Å². The highest BCUT2D eigenvalue weighted by atomic mass is 31.2. The van der Waals surface area contributed by atoms with Gasteiger partial charge in [0.25, 0.3) is 0 Å². The van der Waals surface area contributed by atoms with E-state index in [9.17, 15) is 43.1 Å². The third-order valence-electron chi connectivity index (χ3n) is 6.89. The number of fused-ring (bicyclic) bond motifs is 1. The molecule has 0 saturated carbocycles. The van der Waals surface area contributed by atoms with Crippen LogP contribution in [0.5, 0.6) is 0 Å². The number of hydrogen-bond acceptors (Lipinski definition) is 9. The molecule has 0 radical (unpaired) electrons. The molecule has 2 aromatic heterocycles. The summed E-state index contributed by atoms with van der Waals surface area (Å²) in [6.45, 7) is 6.01. The molecule has 6 atom stereocenters. The van der Waals surface area contributed by atoms with E-state index < -0.39 is 77.0 Å². The van der Waals surface area contributed by atoms with Crippen molar-refractivity contribution in [3.8, 4) is 0 Å². The van der Waals surface area contributed by atoms with Gasteiger partial charge in [0.1, 0.15) is 12.2 Å². The van der Waals surface area contributed by atoms with E-state index >= 15 is 0 Å². The Morgan fingerprint density at radius 2 is 1.81 bits per heavy atom. The van der Waals surface area contributed by atoms with Crippen molar-refractivity contribution in [2.75, 3.05) is 0 Å². The molecule has 3 rings (SSSR count). The quantitative estimate of drug-likeness (QED) is 0.230. The Morgan fingerprint density at radius 3 is 2.36 bits per heavy atom. The summed E-state index contributed by atoms with van der Waals surface area (Å²) in [4.78, 5) is 40.5. The maximum atomic E-state index is 13.7. The third-order valence-corrected chi connectivity index (χ3v) is 9.05. The number of aromatic nitrogens is 3. The van der Waals surface area contributed by atoms with Gasteiger partial charge in [-0.3, -0.25) is 18.5 Å². The monoisotopic (exact) mass is 537 g/mol. The summed E-state index contributed by atoms with van der Waals surface area (Å²) in [7, 11) is -4.58. The SMILES string of the molecule is CCC(CC)(CC1OC(n2cc3c(=O)c(F)c(F)[nH]c3nc2=O)C(O)C1O)OP(=O)(O)C(C)(O)CC. The van der Waals surface area contributed by atoms with Crippen molar-refractivity contribution >= 4 is 18.6 Å². The molecule has 1 aliphatic heterocycles. The van der Waals surface area contributed by atoms with E-state index in [1.807, 2.05) is 4.98 Å². The average molecular weight is 537 g/mol. The van der Waals surface area contributed by atoms with Crippen LogP contribution in [0.1, 0.15) is 59.6 Å². The molecule has 15 heteroatoms. The molecular weight excluding hydrogens is 507 g/mol. The molecule has 0 spiro atoms. The molecule has 0 amide bonds. The molecule has 6 unspecified atom stereocenters. The standard InChI is InChI=1S/C21H30F2N3O9P/c1-5-20(4,31)36(32,33)35-21(6-2,7-3)8-11-14(28)15(29)18(34-11)26-9-10-13(27)12(22)16(23)24-17(10)25-19(26)30/h9,11,14-15,18,28-29,31H,5-8H2,1-4H3,(H,32,33)(H,24,25,30). The number of aliphatic hydroxyl groups is 3. The van der Waals surface area contributed by atoms with Crippen molar-refractivity contribution in [2.45, 2.75) is 88.9 Å². The van der Waals surface area contributed by atoms with Crippen LogP contribution in [0.25, 0.3) is 11.0 Å². The Labute approximate surface area is 204 Å². The lowest BCUT2D eigenvalue weighted by Gasteiger charge is -2.39. The first-order valence-corrected chi connectivity index (χ1v) is 13.0. The van der Waals surface area contributed by atoms with E-state index in [4.69, 9.17) is 9.26 Å². The number of pyridine rings is 1. The molecular formula is C21H30F2N3O9P. The van der Waals surface area contributed by atoms with Gasteiger partial charge in [-0.05, 0) is 26.2 Å². The number of H-pyrrole nitrogens is 1. The second-order valence-corrected chi connectivity index (χ2v) is 11.3. The van der Waals surface area contributed by atoms with Crippen LogP contribution in [0.15, 0.2) is 15.8 Å². The zero-order valence-electron chi connectivity index (χ0n) is 20.1. The topological polar surface area (TPSA) is 184 Å². The molecule has 1 saturated heterocycles. The second kappa shape index (κ2) is 10.0. The predicted molar refractivity (Wildman–Crippen MR) is 122 cm³/mol. The maximum absolute atomic E-state index is 13.7. The smallest absolute Gasteiger partial charge is 0.359 e. The first-order chi connectivity index (χ1) is 16.6. The van der Waals surface area contributed by atoms with Gasteiger partial charge in [0.2, 0.25) is 17.2 Å². The van der Waals surface area contributed by atoms with E-state index in [1.165, 1.54) is 13.8 Å². The zero-order chi connectivity index (χ0) is 27.2. The molecule has 202 valence electrons. The number of rotatable bonds is 9. The summed E-state index contributed by atoms with van der Waals surface area (Å²) in [5, 5.41) is 29.1. The first kappa shape index (κ1) is 28.5. The normalized spacial score (nSPS) is 26.2. The fourth-order valence-corrected chi connectivity index (χ4v) is 5.50. The first-order valence-electron chi connectivity index (χ1n) is 11.4. The van der Waals surface area contributed by atoms with Gasteiger partial charge in [-0.15, -0.1) is 0 Å². The van der Waals surface area contributed by atoms with E-state index in [2.05, 4.69) is 4.98 Å². The summed E-state index contributed by atoms with van der Waals surface area (Å²) in [5.74, 6) is -3.31. The summed E-state index contributed by atoms with van der Waals surface area (Å²) >= 11 is 0. The van der Waals surface area contributed by atoms with Crippen LogP contribution in [0, 0.1) is 11.8 Å². The number of nitrogens with one attached hydrogen (secondary N) is 1. The second-order valence-electron chi connectivity index (χ2n) is 9.10. The van der Waals surface area contributed by atoms with Crippen LogP contribution in [0.4, 0.5) is 8.78 Å². The molecule has 0 aromatic carbocycles. The lowest BCUT2D eigenvalue weighted by molar-refractivity contribution is -0.0773. The average Bonchev–Trinajstić information content (AvgIpc) is 3.09. The molecule has 0 aliphatic carbocycles. The van der Waals surface area contributed by atoms with Crippen molar-refractivity contribution in [3.05, 3.63) is 38.7 Å². The minimum atomic E-state index is -4.58. The van der Waals surface area contributed by atoms with Crippen LogP contribution in [0.2, 0.25) is 0 Å². The largest absolute Gasteiger partial charge is 0.388 e. The highest BCUT2D eigenvalue weighted by Gasteiger charge is 2.51. The predicted octanol–water partition coefficient (Wildman–Crippen LogP) is 1.25. The minimum Gasteiger partial charge on any atom is -0.388 e. The fraction of sp³-hybridized carbons (Fsp3) is 0.667. The van der Waals surface area contributed by atoms with Crippen LogP contribution in [-0.4, -0.2) is 64.0 Å². The van der Waals surface area contributed by atoms with E-state index in [0.29, 0.717) is 4.57 Å². The molecule has 2 aromatic rings. The summed E-state index contributed by atoms with van der Waals surface area (Å²) in [6.07, 6.45) is -5.25. The number of ether oxygens (including phenoxy) is 1. The molecule has 36 heavy (non-hydrogen) atoms. The van der Waals surface area contributed by atoms with Gasteiger partial charge in [0.05, 0.1) is 17.1 Å². The molecule has 1 aliphatic rings. The van der Waals surface area contributed by atoms with Gasteiger partial charge < -0.3 is 29.9 Å².